The fraction of sp³-hybridized carbons (Fsp3) is 0.250. The first-order chi connectivity index (χ1) is 13.0. The average molecular weight is 373 g/mol. The van der Waals surface area contributed by atoms with E-state index < -0.39 is 12.0 Å². The highest BCUT2D eigenvalue weighted by Crippen LogP contribution is 2.37. The van der Waals surface area contributed by atoms with Crippen molar-refractivity contribution in [2.75, 3.05) is 0 Å². The highest BCUT2D eigenvalue weighted by atomic mass is 19.3. The van der Waals surface area contributed by atoms with Crippen molar-refractivity contribution in [1.29, 1.82) is 5.26 Å². The molecule has 0 unspecified atom stereocenters. The maximum atomic E-state index is 12.7. The van der Waals surface area contributed by atoms with Crippen LogP contribution in [0.15, 0.2) is 48.5 Å². The first-order valence-electron chi connectivity index (χ1n) is 8.09. The van der Waals surface area contributed by atoms with Gasteiger partial charge in [0.15, 0.2) is 11.5 Å². The summed E-state index contributed by atoms with van der Waals surface area (Å²) in [7, 11) is 0. The fourth-order valence-electron chi connectivity index (χ4n) is 2.61. The van der Waals surface area contributed by atoms with Crippen LogP contribution in [0.25, 0.3) is 0 Å². The van der Waals surface area contributed by atoms with Gasteiger partial charge in [0, 0.05) is 12.8 Å². The van der Waals surface area contributed by atoms with Crippen LogP contribution in [0.3, 0.4) is 0 Å². The zero-order valence-corrected chi connectivity index (χ0v) is 14.3. The molecule has 0 atom stereocenters. The van der Waals surface area contributed by atoms with Crippen molar-refractivity contribution in [3.05, 3.63) is 59.7 Å². The minimum Gasteiger partial charge on any atom is -0.485 e. The molecule has 0 aliphatic carbocycles. The summed E-state index contributed by atoms with van der Waals surface area (Å²) in [5, 5.41) is 9.55. The molecule has 0 radical (unpaired) electrons. The Hall–Kier alpha value is -3.27. The van der Waals surface area contributed by atoms with Crippen molar-refractivity contribution in [1.82, 2.24) is 0 Å². The first kappa shape index (κ1) is 20.0. The van der Waals surface area contributed by atoms with Crippen LogP contribution < -0.4 is 9.47 Å². The second kappa shape index (κ2) is 9.43. The Kier molecular flexibility index (Phi) is 7.00. The van der Waals surface area contributed by atoms with Gasteiger partial charge in [0.05, 0.1) is 11.5 Å². The fourth-order valence-corrected chi connectivity index (χ4v) is 2.61. The number of hydrogen-bond donors (Lipinski definition) is 0. The standard InChI is InChI=1S/C20H17F2NO4/c21-19(22)27-17-7-6-16(20(14-23,8-10-24)9-11-25)12-18(17)26-13-15-4-2-1-3-5-15/h1-7,10-12,19H,8-9,13H2. The average Bonchev–Trinajstić information content (AvgIpc) is 2.67. The van der Waals surface area contributed by atoms with E-state index in [1.54, 1.807) is 24.3 Å². The van der Waals surface area contributed by atoms with Gasteiger partial charge in [-0.3, -0.25) is 0 Å². The Morgan fingerprint density at radius 3 is 2.26 bits per heavy atom. The van der Waals surface area contributed by atoms with E-state index in [-0.39, 0.29) is 30.9 Å². The summed E-state index contributed by atoms with van der Waals surface area (Å²) in [6.07, 6.45) is 0.659. The smallest absolute Gasteiger partial charge is 0.387 e. The molecule has 0 aliphatic rings. The van der Waals surface area contributed by atoms with Gasteiger partial charge >= 0.3 is 6.61 Å². The predicted molar refractivity (Wildman–Crippen MR) is 92.5 cm³/mol. The Balaban J connectivity index is 2.41. The van der Waals surface area contributed by atoms with E-state index in [4.69, 9.17) is 4.74 Å². The van der Waals surface area contributed by atoms with Gasteiger partial charge in [0.25, 0.3) is 0 Å². The van der Waals surface area contributed by atoms with Crippen LogP contribution in [-0.2, 0) is 21.6 Å². The van der Waals surface area contributed by atoms with Crippen LogP contribution in [-0.4, -0.2) is 19.2 Å². The molecule has 0 aromatic heterocycles. The molecule has 0 fully saturated rings. The molecule has 0 spiro atoms. The lowest BCUT2D eigenvalue weighted by Crippen LogP contribution is -2.25. The number of aldehydes is 2. The minimum absolute atomic E-state index is 0.00641. The second-order valence-corrected chi connectivity index (χ2v) is 5.75. The molecule has 7 heteroatoms. The first-order valence-corrected chi connectivity index (χ1v) is 8.09. The minimum atomic E-state index is -3.06. The molecular formula is C20H17F2NO4. The van der Waals surface area contributed by atoms with Crippen LogP contribution >= 0.6 is 0 Å². The molecule has 2 aromatic rings. The summed E-state index contributed by atoms with van der Waals surface area (Å²) in [5.41, 5.74) is -0.273. The van der Waals surface area contributed by atoms with Gasteiger partial charge in [0.2, 0.25) is 0 Å². The number of rotatable bonds is 10. The summed E-state index contributed by atoms with van der Waals surface area (Å²) < 4.78 is 35.5. The highest BCUT2D eigenvalue weighted by molar-refractivity contribution is 5.63. The van der Waals surface area contributed by atoms with Gasteiger partial charge < -0.3 is 19.1 Å². The van der Waals surface area contributed by atoms with Crippen LogP contribution in [0.2, 0.25) is 0 Å². The summed E-state index contributed by atoms with van der Waals surface area (Å²) >= 11 is 0. The number of carbonyl (C=O) groups is 2. The van der Waals surface area contributed by atoms with E-state index in [1.807, 2.05) is 12.1 Å². The third-order valence-corrected chi connectivity index (χ3v) is 4.03. The molecule has 0 aliphatic heterocycles. The Labute approximate surface area is 155 Å². The monoisotopic (exact) mass is 373 g/mol. The molecule has 5 nitrogen and oxygen atoms in total. The van der Waals surface area contributed by atoms with Crippen molar-refractivity contribution < 1.29 is 27.8 Å². The molecule has 2 rings (SSSR count). The third-order valence-electron chi connectivity index (χ3n) is 4.03. The number of nitrogens with zero attached hydrogens (tertiary/aromatic N) is 1. The molecule has 0 saturated heterocycles. The summed E-state index contributed by atoms with van der Waals surface area (Å²) in [5.74, 6) is -0.207. The van der Waals surface area contributed by atoms with Crippen molar-refractivity contribution in [3.63, 3.8) is 0 Å². The largest absolute Gasteiger partial charge is 0.485 e. The molecule has 0 amide bonds. The number of carbonyl (C=O) groups excluding carboxylic acids is 2. The zero-order chi connectivity index (χ0) is 19.7. The van der Waals surface area contributed by atoms with E-state index in [2.05, 4.69) is 4.74 Å². The van der Waals surface area contributed by atoms with Gasteiger partial charge in [-0.05, 0) is 23.3 Å². The third kappa shape index (κ3) is 5.11. The number of halogens is 2. The summed E-state index contributed by atoms with van der Waals surface area (Å²) in [6, 6.07) is 15.0. The van der Waals surface area contributed by atoms with Crippen molar-refractivity contribution in [3.8, 4) is 17.6 Å². The molecule has 140 valence electrons. The Morgan fingerprint density at radius 1 is 1.04 bits per heavy atom. The molecular weight excluding hydrogens is 356 g/mol. The maximum Gasteiger partial charge on any atom is 0.387 e. The van der Waals surface area contributed by atoms with Gasteiger partial charge in [0.1, 0.15) is 19.2 Å². The van der Waals surface area contributed by atoms with E-state index in [9.17, 15) is 23.6 Å². The van der Waals surface area contributed by atoms with Crippen LogP contribution in [0.1, 0.15) is 24.0 Å². The van der Waals surface area contributed by atoms with Crippen LogP contribution in [0, 0.1) is 11.3 Å². The van der Waals surface area contributed by atoms with Crippen molar-refractivity contribution >= 4 is 12.6 Å². The number of benzene rings is 2. The number of ether oxygens (including phenoxy) is 2. The Bertz CT molecular complexity index is 808. The predicted octanol–water partition coefficient (Wildman–Crippen LogP) is 3.81. The van der Waals surface area contributed by atoms with Gasteiger partial charge in [-0.15, -0.1) is 0 Å². The van der Waals surface area contributed by atoms with E-state index in [1.165, 1.54) is 18.2 Å². The normalized spacial score (nSPS) is 10.9. The van der Waals surface area contributed by atoms with Crippen molar-refractivity contribution in [2.45, 2.75) is 31.5 Å². The lowest BCUT2D eigenvalue weighted by atomic mass is 9.77. The van der Waals surface area contributed by atoms with Gasteiger partial charge in [-0.25, -0.2) is 0 Å². The molecule has 0 saturated carbocycles. The van der Waals surface area contributed by atoms with Crippen LogP contribution in [0.5, 0.6) is 11.5 Å². The molecule has 2 aromatic carbocycles. The number of hydrogen-bond acceptors (Lipinski definition) is 5. The maximum absolute atomic E-state index is 12.7. The van der Waals surface area contributed by atoms with E-state index >= 15 is 0 Å². The van der Waals surface area contributed by atoms with Crippen LogP contribution in [0.4, 0.5) is 8.78 Å². The quantitative estimate of drug-likeness (QED) is 0.592. The van der Waals surface area contributed by atoms with Gasteiger partial charge in [-0.2, -0.15) is 14.0 Å². The van der Waals surface area contributed by atoms with E-state index in [0.717, 1.165) is 5.56 Å². The molecule has 0 bridgehead atoms. The number of nitriles is 1. The van der Waals surface area contributed by atoms with E-state index in [0.29, 0.717) is 18.1 Å². The Morgan fingerprint density at radius 2 is 1.70 bits per heavy atom. The molecule has 0 N–H and O–H groups in total. The zero-order valence-electron chi connectivity index (χ0n) is 14.3. The summed E-state index contributed by atoms with van der Waals surface area (Å²) in [4.78, 5) is 22.0. The lowest BCUT2D eigenvalue weighted by molar-refractivity contribution is -0.110. The highest BCUT2D eigenvalue weighted by Gasteiger charge is 2.33. The topological polar surface area (TPSA) is 76.4 Å². The molecule has 0 heterocycles. The SMILES string of the molecule is N#CC(CC=O)(CC=O)c1ccc(OC(F)F)c(OCc2ccccc2)c1. The molecule has 27 heavy (non-hydrogen) atoms. The van der Waals surface area contributed by atoms with Crippen molar-refractivity contribution in [2.24, 2.45) is 0 Å². The second-order valence-electron chi connectivity index (χ2n) is 5.75. The number of alkyl halides is 2. The summed E-state index contributed by atoms with van der Waals surface area (Å²) in [6.45, 7) is -2.97. The van der Waals surface area contributed by atoms with Gasteiger partial charge in [-0.1, -0.05) is 36.4 Å². The lowest BCUT2D eigenvalue weighted by Gasteiger charge is -2.24.